The number of anilines is 1. The molecule has 7 nitrogen and oxygen atoms in total. The topological polar surface area (TPSA) is 75.9 Å². The third kappa shape index (κ3) is 4.58. The van der Waals surface area contributed by atoms with Gasteiger partial charge in [-0.25, -0.2) is 14.6 Å². The van der Waals surface area contributed by atoms with E-state index in [1.807, 2.05) is 19.1 Å². The monoisotopic (exact) mass is 382 g/mol. The third-order valence-electron chi connectivity index (χ3n) is 5.92. The van der Waals surface area contributed by atoms with Crippen LogP contribution in [0.1, 0.15) is 49.2 Å². The van der Waals surface area contributed by atoms with Gasteiger partial charge in [-0.05, 0) is 63.6 Å². The highest BCUT2D eigenvalue weighted by Crippen LogP contribution is 2.19. The van der Waals surface area contributed by atoms with Gasteiger partial charge in [0.15, 0.2) is 0 Å². The number of aryl methyl sites for hydroxylation is 3. The van der Waals surface area contributed by atoms with Gasteiger partial charge in [0, 0.05) is 31.4 Å². The van der Waals surface area contributed by atoms with Crippen molar-refractivity contribution in [1.82, 2.24) is 24.6 Å². The SMILES string of the molecule is Cc1nccc(NCC2CCCCN2CCn2nc3c(cc2=O)CCCC3)n1. The Labute approximate surface area is 166 Å². The van der Waals surface area contributed by atoms with E-state index in [0.29, 0.717) is 12.6 Å². The van der Waals surface area contributed by atoms with Crippen molar-refractivity contribution >= 4 is 5.82 Å². The highest BCUT2D eigenvalue weighted by molar-refractivity contribution is 5.33. The Morgan fingerprint density at radius 2 is 2.07 bits per heavy atom. The minimum Gasteiger partial charge on any atom is -0.368 e. The first-order valence-electron chi connectivity index (χ1n) is 10.6. The van der Waals surface area contributed by atoms with Gasteiger partial charge in [0.2, 0.25) is 0 Å². The number of fused-ring (bicyclic) bond motifs is 1. The first-order chi connectivity index (χ1) is 13.7. The summed E-state index contributed by atoms with van der Waals surface area (Å²) in [5.41, 5.74) is 2.33. The fourth-order valence-electron chi connectivity index (χ4n) is 4.35. The summed E-state index contributed by atoms with van der Waals surface area (Å²) in [6.45, 7) is 5.37. The van der Waals surface area contributed by atoms with Crippen LogP contribution in [0, 0.1) is 6.92 Å². The van der Waals surface area contributed by atoms with Crippen LogP contribution in [-0.4, -0.2) is 50.3 Å². The van der Waals surface area contributed by atoms with Crippen LogP contribution in [0.25, 0.3) is 0 Å². The van der Waals surface area contributed by atoms with Crippen molar-refractivity contribution in [3.8, 4) is 0 Å². The molecule has 3 heterocycles. The summed E-state index contributed by atoms with van der Waals surface area (Å²) in [7, 11) is 0. The number of nitrogens with one attached hydrogen (secondary N) is 1. The minimum atomic E-state index is 0.0452. The molecule has 0 aromatic carbocycles. The molecule has 0 amide bonds. The molecule has 150 valence electrons. The van der Waals surface area contributed by atoms with Crippen molar-refractivity contribution in [3.05, 3.63) is 45.8 Å². The van der Waals surface area contributed by atoms with Crippen LogP contribution < -0.4 is 10.9 Å². The number of hydrogen-bond donors (Lipinski definition) is 1. The van der Waals surface area contributed by atoms with Crippen molar-refractivity contribution in [2.45, 2.75) is 64.5 Å². The Bertz CT molecular complexity index is 864. The maximum absolute atomic E-state index is 12.4. The van der Waals surface area contributed by atoms with Crippen molar-refractivity contribution in [2.24, 2.45) is 0 Å². The fourth-order valence-corrected chi connectivity index (χ4v) is 4.35. The quantitative estimate of drug-likeness (QED) is 0.825. The minimum absolute atomic E-state index is 0.0452. The lowest BCUT2D eigenvalue weighted by Crippen LogP contribution is -2.45. The van der Waals surface area contributed by atoms with Gasteiger partial charge in [0.1, 0.15) is 11.6 Å². The summed E-state index contributed by atoms with van der Waals surface area (Å²) >= 11 is 0. The molecule has 1 aliphatic carbocycles. The second kappa shape index (κ2) is 8.82. The molecule has 1 saturated heterocycles. The number of hydrogen-bond acceptors (Lipinski definition) is 6. The van der Waals surface area contributed by atoms with Gasteiger partial charge < -0.3 is 5.32 Å². The van der Waals surface area contributed by atoms with Crippen molar-refractivity contribution in [3.63, 3.8) is 0 Å². The van der Waals surface area contributed by atoms with E-state index in [1.165, 1.54) is 32.1 Å². The molecule has 4 rings (SSSR count). The van der Waals surface area contributed by atoms with E-state index in [0.717, 1.165) is 55.4 Å². The van der Waals surface area contributed by atoms with Crippen LogP contribution in [0.5, 0.6) is 0 Å². The Morgan fingerprint density at radius 3 is 2.96 bits per heavy atom. The van der Waals surface area contributed by atoms with Crippen LogP contribution in [0.2, 0.25) is 0 Å². The molecular weight excluding hydrogens is 352 g/mol. The predicted molar refractivity (Wildman–Crippen MR) is 110 cm³/mol. The fraction of sp³-hybridized carbons (Fsp3) is 0.619. The molecule has 0 spiro atoms. The lowest BCUT2D eigenvalue weighted by Gasteiger charge is -2.36. The zero-order valence-electron chi connectivity index (χ0n) is 16.7. The van der Waals surface area contributed by atoms with Gasteiger partial charge in [0.25, 0.3) is 5.56 Å². The number of aromatic nitrogens is 4. The smallest absolute Gasteiger partial charge is 0.267 e. The first kappa shape index (κ1) is 19.1. The van der Waals surface area contributed by atoms with Crippen LogP contribution in [0.4, 0.5) is 5.82 Å². The summed E-state index contributed by atoms with van der Waals surface area (Å²) in [6.07, 6.45) is 9.79. The van der Waals surface area contributed by atoms with E-state index >= 15 is 0 Å². The van der Waals surface area contributed by atoms with Crippen molar-refractivity contribution in [1.29, 1.82) is 0 Å². The summed E-state index contributed by atoms with van der Waals surface area (Å²) in [4.78, 5) is 23.5. The molecule has 1 N–H and O–H groups in total. The highest BCUT2D eigenvalue weighted by atomic mass is 16.1. The maximum Gasteiger partial charge on any atom is 0.267 e. The average Bonchev–Trinajstić information content (AvgIpc) is 2.71. The lowest BCUT2D eigenvalue weighted by atomic mass is 9.97. The standard InChI is InChI=1S/C21H30N6O/c1-16-22-10-9-20(24-16)23-15-18-7-4-5-11-26(18)12-13-27-21(28)14-17-6-2-3-8-19(17)25-27/h9-10,14,18H,2-8,11-13,15H2,1H3,(H,22,23,24). The van der Waals surface area contributed by atoms with E-state index in [2.05, 4.69) is 25.3 Å². The predicted octanol–water partition coefficient (Wildman–Crippen LogP) is 2.19. The molecule has 1 unspecified atom stereocenters. The zero-order chi connectivity index (χ0) is 19.3. The van der Waals surface area contributed by atoms with Gasteiger partial charge >= 0.3 is 0 Å². The molecule has 2 aromatic rings. The molecule has 2 aromatic heterocycles. The second-order valence-corrected chi connectivity index (χ2v) is 7.94. The van der Waals surface area contributed by atoms with Gasteiger partial charge in [0.05, 0.1) is 12.2 Å². The summed E-state index contributed by atoms with van der Waals surface area (Å²) in [6, 6.07) is 4.18. The van der Waals surface area contributed by atoms with Gasteiger partial charge in [-0.15, -0.1) is 0 Å². The Hall–Kier alpha value is -2.28. The molecule has 0 saturated carbocycles. The number of piperidine rings is 1. The third-order valence-corrected chi connectivity index (χ3v) is 5.92. The van der Waals surface area contributed by atoms with Crippen LogP contribution >= 0.6 is 0 Å². The lowest BCUT2D eigenvalue weighted by molar-refractivity contribution is 0.147. The number of likely N-dealkylation sites (tertiary alicyclic amines) is 1. The zero-order valence-corrected chi connectivity index (χ0v) is 16.7. The number of nitrogens with zero attached hydrogens (tertiary/aromatic N) is 5. The Balaban J connectivity index is 1.38. The van der Waals surface area contributed by atoms with Crippen molar-refractivity contribution < 1.29 is 0 Å². The molecule has 1 aliphatic heterocycles. The molecule has 0 bridgehead atoms. The molecular formula is C21H30N6O. The molecule has 28 heavy (non-hydrogen) atoms. The van der Waals surface area contributed by atoms with E-state index in [-0.39, 0.29) is 5.56 Å². The van der Waals surface area contributed by atoms with E-state index in [1.54, 1.807) is 10.9 Å². The maximum atomic E-state index is 12.4. The number of rotatable bonds is 6. The van der Waals surface area contributed by atoms with Crippen LogP contribution in [-0.2, 0) is 19.4 Å². The summed E-state index contributed by atoms with van der Waals surface area (Å²) in [5.74, 6) is 1.66. The van der Waals surface area contributed by atoms with Gasteiger partial charge in [-0.3, -0.25) is 9.69 Å². The molecule has 0 radical (unpaired) electrons. The van der Waals surface area contributed by atoms with E-state index < -0.39 is 0 Å². The molecule has 1 atom stereocenters. The molecule has 1 fully saturated rings. The second-order valence-electron chi connectivity index (χ2n) is 7.94. The average molecular weight is 383 g/mol. The van der Waals surface area contributed by atoms with Crippen LogP contribution in [0.3, 0.4) is 0 Å². The highest BCUT2D eigenvalue weighted by Gasteiger charge is 2.22. The van der Waals surface area contributed by atoms with E-state index in [4.69, 9.17) is 0 Å². The summed E-state index contributed by atoms with van der Waals surface area (Å²) < 4.78 is 1.68. The Kier molecular flexibility index (Phi) is 6.00. The largest absolute Gasteiger partial charge is 0.368 e. The summed E-state index contributed by atoms with van der Waals surface area (Å²) in [5, 5.41) is 8.13. The van der Waals surface area contributed by atoms with Gasteiger partial charge in [-0.1, -0.05) is 6.42 Å². The van der Waals surface area contributed by atoms with E-state index in [9.17, 15) is 4.79 Å². The first-order valence-corrected chi connectivity index (χ1v) is 10.6. The van der Waals surface area contributed by atoms with Crippen molar-refractivity contribution in [2.75, 3.05) is 25.0 Å². The normalized spacial score (nSPS) is 20.0. The van der Waals surface area contributed by atoms with Gasteiger partial charge in [-0.2, -0.15) is 5.10 Å². The molecule has 7 heteroatoms. The Morgan fingerprint density at radius 1 is 1.18 bits per heavy atom. The van der Waals surface area contributed by atoms with Crippen LogP contribution in [0.15, 0.2) is 23.1 Å². The molecule has 2 aliphatic rings.